The number of nitrogens with zero attached hydrogens (tertiary/aromatic N) is 3. The fourth-order valence-electron chi connectivity index (χ4n) is 2.32. The first-order chi connectivity index (χ1) is 10.7. The van der Waals surface area contributed by atoms with Crippen LogP contribution in [0.4, 0.5) is 4.39 Å². The van der Waals surface area contributed by atoms with Gasteiger partial charge < -0.3 is 19.6 Å². The fraction of sp³-hybridized carbons (Fsp3) is 0.500. The highest BCUT2D eigenvalue weighted by Crippen LogP contribution is 2.38. The average Bonchev–Trinajstić information content (AvgIpc) is 2.99. The van der Waals surface area contributed by atoms with Gasteiger partial charge in [-0.2, -0.15) is 9.37 Å². The van der Waals surface area contributed by atoms with Gasteiger partial charge >= 0.3 is 7.82 Å². The molecule has 2 aromatic heterocycles. The number of phosphoric acid groups is 1. The van der Waals surface area contributed by atoms with E-state index in [1.54, 1.807) is 0 Å². The lowest BCUT2D eigenvalue weighted by Crippen LogP contribution is -2.25. The van der Waals surface area contributed by atoms with Gasteiger partial charge in [0, 0.05) is 6.42 Å². The molecule has 0 bridgehead atoms. The summed E-state index contributed by atoms with van der Waals surface area (Å²) in [6, 6.07) is 0. The van der Waals surface area contributed by atoms with E-state index in [9.17, 15) is 18.9 Å². The third-order valence-corrected chi connectivity index (χ3v) is 3.81. The summed E-state index contributed by atoms with van der Waals surface area (Å²) in [4.78, 5) is 38.1. The Kier molecular flexibility index (Phi) is 4.04. The van der Waals surface area contributed by atoms with Crippen LogP contribution in [0.2, 0.25) is 0 Å². The maximum absolute atomic E-state index is 13.2. The first-order valence-electron chi connectivity index (χ1n) is 6.40. The monoisotopic (exact) mass is 350 g/mol. The minimum atomic E-state index is -4.69. The third kappa shape index (κ3) is 3.32. The van der Waals surface area contributed by atoms with Crippen LogP contribution in [0.15, 0.2) is 11.1 Å². The number of aromatic nitrogens is 4. The highest BCUT2D eigenvalue weighted by molar-refractivity contribution is 7.46. The molecular weight excluding hydrogens is 338 g/mol. The Hall–Kier alpha value is -1.69. The summed E-state index contributed by atoms with van der Waals surface area (Å²) >= 11 is 0. The highest BCUT2D eigenvalue weighted by Gasteiger charge is 2.37. The Morgan fingerprint density at radius 3 is 3.00 bits per heavy atom. The number of H-pyrrole nitrogens is 1. The topological polar surface area (TPSA) is 160 Å². The van der Waals surface area contributed by atoms with E-state index in [1.807, 2.05) is 4.98 Å². The van der Waals surface area contributed by atoms with E-state index in [-0.39, 0.29) is 17.6 Å². The Balaban J connectivity index is 1.84. The molecule has 2 aromatic rings. The Bertz CT molecular complexity index is 832. The molecule has 0 unspecified atom stereocenters. The molecule has 0 radical (unpaired) electrons. The van der Waals surface area contributed by atoms with Gasteiger partial charge in [0.25, 0.3) is 11.6 Å². The lowest BCUT2D eigenvalue weighted by atomic mass is 10.2. The molecule has 1 aliphatic rings. The van der Waals surface area contributed by atoms with Crippen molar-refractivity contribution in [1.82, 2.24) is 19.5 Å². The molecule has 0 aromatic carbocycles. The molecule has 11 nitrogen and oxygen atoms in total. The van der Waals surface area contributed by atoms with Crippen LogP contribution in [0.3, 0.4) is 0 Å². The van der Waals surface area contributed by atoms with Crippen LogP contribution in [-0.4, -0.2) is 53.2 Å². The van der Waals surface area contributed by atoms with Crippen molar-refractivity contribution in [3.8, 4) is 0 Å². The van der Waals surface area contributed by atoms with Crippen LogP contribution in [0.1, 0.15) is 12.6 Å². The van der Waals surface area contributed by atoms with Crippen molar-refractivity contribution in [2.24, 2.45) is 0 Å². The molecule has 0 aliphatic carbocycles. The predicted octanol–water partition coefficient (Wildman–Crippen LogP) is -0.984. The van der Waals surface area contributed by atoms with Gasteiger partial charge in [0.15, 0.2) is 11.2 Å². The number of fused-ring (bicyclic) bond motifs is 1. The number of ether oxygens (including phenoxy) is 1. The van der Waals surface area contributed by atoms with Crippen molar-refractivity contribution in [3.05, 3.63) is 22.8 Å². The second-order valence-electron chi connectivity index (χ2n) is 4.90. The van der Waals surface area contributed by atoms with Crippen molar-refractivity contribution >= 4 is 19.0 Å². The van der Waals surface area contributed by atoms with Gasteiger partial charge in [-0.3, -0.25) is 18.9 Å². The van der Waals surface area contributed by atoms with Crippen LogP contribution >= 0.6 is 7.82 Å². The van der Waals surface area contributed by atoms with E-state index < -0.39 is 44.5 Å². The molecule has 4 N–H and O–H groups in total. The number of hydrogen-bond donors (Lipinski definition) is 4. The molecule has 126 valence electrons. The number of nitrogens with one attached hydrogen (secondary N) is 1. The minimum absolute atomic E-state index is 0.0245. The molecule has 0 saturated carbocycles. The number of halogens is 1. The zero-order chi connectivity index (χ0) is 16.8. The molecule has 3 rings (SSSR count). The SMILES string of the molecule is O=c1[nH]c(F)nc2c1ncn2[C@H]1C[C@H](O)[C@@H](COP(=O)(O)O)O1. The molecular formula is C10H12FN4O7P. The Labute approximate surface area is 126 Å². The van der Waals surface area contributed by atoms with Crippen molar-refractivity contribution in [2.45, 2.75) is 24.9 Å². The highest BCUT2D eigenvalue weighted by atomic mass is 31.2. The van der Waals surface area contributed by atoms with Gasteiger partial charge in [-0.1, -0.05) is 0 Å². The van der Waals surface area contributed by atoms with Gasteiger partial charge in [0.05, 0.1) is 19.0 Å². The number of rotatable bonds is 4. The zero-order valence-corrected chi connectivity index (χ0v) is 12.3. The van der Waals surface area contributed by atoms with E-state index in [0.717, 1.165) is 0 Å². The Morgan fingerprint density at radius 2 is 2.30 bits per heavy atom. The number of aliphatic hydroxyl groups excluding tert-OH is 1. The molecule has 23 heavy (non-hydrogen) atoms. The van der Waals surface area contributed by atoms with E-state index in [0.29, 0.717) is 0 Å². The maximum Gasteiger partial charge on any atom is 0.469 e. The molecule has 1 saturated heterocycles. The van der Waals surface area contributed by atoms with Gasteiger partial charge in [0.2, 0.25) is 0 Å². The van der Waals surface area contributed by atoms with Crippen molar-refractivity contribution in [2.75, 3.05) is 6.61 Å². The van der Waals surface area contributed by atoms with Crippen LogP contribution in [-0.2, 0) is 13.8 Å². The quantitative estimate of drug-likeness (QED) is 0.401. The molecule has 0 amide bonds. The summed E-state index contributed by atoms with van der Waals surface area (Å²) in [5.41, 5.74) is -0.925. The van der Waals surface area contributed by atoms with E-state index in [2.05, 4.69) is 14.5 Å². The zero-order valence-electron chi connectivity index (χ0n) is 11.4. The number of phosphoric ester groups is 1. The summed E-state index contributed by atoms with van der Waals surface area (Å²) in [5, 5.41) is 9.88. The Morgan fingerprint density at radius 1 is 1.57 bits per heavy atom. The number of aliphatic hydroxyl groups is 1. The second kappa shape index (κ2) is 5.74. The maximum atomic E-state index is 13.2. The second-order valence-corrected chi connectivity index (χ2v) is 6.14. The molecule has 3 atom stereocenters. The van der Waals surface area contributed by atoms with E-state index in [4.69, 9.17) is 14.5 Å². The van der Waals surface area contributed by atoms with E-state index in [1.165, 1.54) is 10.9 Å². The fourth-order valence-corrected chi connectivity index (χ4v) is 2.66. The first kappa shape index (κ1) is 16.2. The van der Waals surface area contributed by atoms with Crippen molar-refractivity contribution in [1.29, 1.82) is 0 Å². The largest absolute Gasteiger partial charge is 0.469 e. The lowest BCUT2D eigenvalue weighted by molar-refractivity contribution is -0.0424. The standard InChI is InChI=1S/C10H12FN4O7P/c11-10-13-8-7(9(17)14-10)12-3-15(8)6-1-4(16)5(22-6)2-21-23(18,19)20/h3-6,16H,1-2H2,(H,13,14,17)(H2,18,19,20)/t4-,5+,6+/m0/s1. The van der Waals surface area contributed by atoms with Crippen LogP contribution in [0.25, 0.3) is 11.2 Å². The van der Waals surface area contributed by atoms with Gasteiger partial charge in [-0.15, -0.1) is 0 Å². The van der Waals surface area contributed by atoms with Crippen molar-refractivity contribution < 1.29 is 33.1 Å². The normalized spacial score (nSPS) is 25.3. The molecule has 3 heterocycles. The van der Waals surface area contributed by atoms with Gasteiger partial charge in [0.1, 0.15) is 12.3 Å². The molecule has 0 spiro atoms. The summed E-state index contributed by atoms with van der Waals surface area (Å²) in [6.07, 6.45) is -2.78. The summed E-state index contributed by atoms with van der Waals surface area (Å²) in [6.45, 7) is -0.531. The lowest BCUT2D eigenvalue weighted by Gasteiger charge is -2.16. The minimum Gasteiger partial charge on any atom is -0.390 e. The average molecular weight is 350 g/mol. The van der Waals surface area contributed by atoms with Crippen LogP contribution in [0.5, 0.6) is 0 Å². The smallest absolute Gasteiger partial charge is 0.390 e. The molecule has 13 heteroatoms. The van der Waals surface area contributed by atoms with E-state index >= 15 is 0 Å². The number of hydrogen-bond acceptors (Lipinski definition) is 7. The summed E-state index contributed by atoms with van der Waals surface area (Å²) in [7, 11) is -4.69. The molecule has 1 aliphatic heterocycles. The number of aromatic amines is 1. The van der Waals surface area contributed by atoms with Crippen LogP contribution in [0, 0.1) is 6.08 Å². The summed E-state index contributed by atoms with van der Waals surface area (Å²) < 4.78 is 34.9. The van der Waals surface area contributed by atoms with Crippen molar-refractivity contribution in [3.63, 3.8) is 0 Å². The summed E-state index contributed by atoms with van der Waals surface area (Å²) in [5.74, 6) is 0. The van der Waals surface area contributed by atoms with Crippen LogP contribution < -0.4 is 5.56 Å². The first-order valence-corrected chi connectivity index (χ1v) is 7.93. The number of imidazole rings is 1. The van der Waals surface area contributed by atoms with Gasteiger partial charge in [-0.25, -0.2) is 9.55 Å². The molecule has 1 fully saturated rings. The van der Waals surface area contributed by atoms with Gasteiger partial charge in [-0.05, 0) is 0 Å². The third-order valence-electron chi connectivity index (χ3n) is 3.32. The predicted molar refractivity (Wildman–Crippen MR) is 70.6 cm³/mol.